The molecule has 0 fully saturated rings. The van der Waals surface area contributed by atoms with E-state index < -0.39 is 25.2 Å². The summed E-state index contributed by atoms with van der Waals surface area (Å²) in [5.74, 6) is -0.197. The largest absolute Gasteiger partial charge is 0.472 e. The molecule has 0 aliphatic rings. The lowest BCUT2D eigenvalue weighted by Crippen LogP contribution is -2.23. The second-order valence-corrected chi connectivity index (χ2v) is 6.92. The van der Waals surface area contributed by atoms with Crippen LogP contribution in [0.3, 0.4) is 0 Å². The lowest BCUT2D eigenvalue weighted by atomic mass is 10.1. The SMILES string of the molecule is O=c1c(-c2ccc(OC(F)F)cc2)c2nc(OCC(F)F)ccc2nn1-c1cncs1. The minimum atomic E-state index is -2.99. The van der Waals surface area contributed by atoms with Crippen molar-refractivity contribution >= 4 is 22.4 Å². The van der Waals surface area contributed by atoms with Crippen LogP contribution in [-0.4, -0.2) is 39.4 Å². The van der Waals surface area contributed by atoms with E-state index in [1.54, 1.807) is 0 Å². The van der Waals surface area contributed by atoms with Crippen molar-refractivity contribution in [3.05, 3.63) is 58.5 Å². The van der Waals surface area contributed by atoms with Crippen LogP contribution in [0, 0.1) is 0 Å². The molecule has 0 bridgehead atoms. The van der Waals surface area contributed by atoms with Crippen LogP contribution in [0.5, 0.6) is 11.6 Å². The number of halogens is 4. The van der Waals surface area contributed by atoms with Crippen molar-refractivity contribution < 1.29 is 27.0 Å². The van der Waals surface area contributed by atoms with Gasteiger partial charge in [0.05, 0.1) is 17.3 Å². The van der Waals surface area contributed by atoms with Gasteiger partial charge in [0.25, 0.3) is 12.0 Å². The summed E-state index contributed by atoms with van der Waals surface area (Å²) in [7, 11) is 0. The van der Waals surface area contributed by atoms with E-state index in [0.29, 0.717) is 16.1 Å². The van der Waals surface area contributed by atoms with Gasteiger partial charge in [-0.2, -0.15) is 18.6 Å². The Morgan fingerprint density at radius 2 is 1.84 bits per heavy atom. The van der Waals surface area contributed by atoms with Crippen LogP contribution in [0.15, 0.2) is 52.9 Å². The zero-order valence-electron chi connectivity index (χ0n) is 15.4. The Labute approximate surface area is 175 Å². The Morgan fingerprint density at radius 1 is 1.06 bits per heavy atom. The minimum absolute atomic E-state index is 0.0875. The molecule has 0 atom stereocenters. The maximum atomic E-state index is 13.2. The molecule has 0 aliphatic heterocycles. The molecule has 0 N–H and O–H groups in total. The molecule has 12 heteroatoms. The molecule has 3 aromatic heterocycles. The molecule has 0 unspecified atom stereocenters. The summed E-state index contributed by atoms with van der Waals surface area (Å²) in [5.41, 5.74) is 1.81. The molecule has 31 heavy (non-hydrogen) atoms. The minimum Gasteiger partial charge on any atom is -0.472 e. The van der Waals surface area contributed by atoms with Crippen LogP contribution in [0.4, 0.5) is 17.6 Å². The molecule has 0 saturated heterocycles. The Kier molecular flexibility index (Phi) is 5.80. The second-order valence-electron chi connectivity index (χ2n) is 6.05. The molecule has 4 rings (SSSR count). The first-order chi connectivity index (χ1) is 14.9. The molecule has 160 valence electrons. The number of thiazole rings is 1. The summed E-state index contributed by atoms with van der Waals surface area (Å²) in [6.45, 7) is -3.86. The highest BCUT2D eigenvalue weighted by atomic mass is 32.1. The predicted molar refractivity (Wildman–Crippen MR) is 104 cm³/mol. The number of nitrogens with zero attached hydrogens (tertiary/aromatic N) is 4. The van der Waals surface area contributed by atoms with Gasteiger partial charge in [0, 0.05) is 6.07 Å². The molecular weight excluding hydrogens is 440 g/mol. The number of aromatic nitrogens is 4. The number of benzene rings is 1. The monoisotopic (exact) mass is 452 g/mol. The van der Waals surface area contributed by atoms with Crippen molar-refractivity contribution in [2.75, 3.05) is 6.61 Å². The van der Waals surface area contributed by atoms with Gasteiger partial charge in [-0.15, -0.1) is 11.3 Å². The van der Waals surface area contributed by atoms with E-state index in [-0.39, 0.29) is 22.7 Å². The van der Waals surface area contributed by atoms with Crippen molar-refractivity contribution in [2.24, 2.45) is 0 Å². The number of pyridine rings is 1. The fourth-order valence-corrected chi connectivity index (χ4v) is 3.39. The third kappa shape index (κ3) is 4.48. The molecule has 0 aliphatic carbocycles. The van der Waals surface area contributed by atoms with Crippen molar-refractivity contribution in [1.29, 1.82) is 0 Å². The molecule has 0 amide bonds. The zero-order chi connectivity index (χ0) is 22.0. The predicted octanol–water partition coefficient (Wildman–Crippen LogP) is 4.15. The Balaban J connectivity index is 1.89. The number of ether oxygens (including phenoxy) is 2. The van der Waals surface area contributed by atoms with Gasteiger partial charge in [0.1, 0.15) is 21.8 Å². The lowest BCUT2D eigenvalue weighted by molar-refractivity contribution is -0.0498. The maximum Gasteiger partial charge on any atom is 0.387 e. The van der Waals surface area contributed by atoms with Gasteiger partial charge in [-0.3, -0.25) is 9.78 Å². The lowest BCUT2D eigenvalue weighted by Gasteiger charge is -2.11. The molecule has 0 saturated carbocycles. The average Bonchev–Trinajstić information content (AvgIpc) is 3.27. The summed E-state index contributed by atoms with van der Waals surface area (Å²) in [5, 5.41) is 4.73. The van der Waals surface area contributed by atoms with Crippen molar-refractivity contribution in [3.8, 4) is 27.8 Å². The highest BCUT2D eigenvalue weighted by Gasteiger charge is 2.18. The molecule has 0 radical (unpaired) electrons. The molecule has 0 spiro atoms. The Bertz CT molecular complexity index is 1250. The normalized spacial score (nSPS) is 11.4. The van der Waals surface area contributed by atoms with Gasteiger partial charge in [0.15, 0.2) is 6.61 Å². The molecule has 7 nitrogen and oxygen atoms in total. The summed E-state index contributed by atoms with van der Waals surface area (Å²) in [6, 6.07) is 8.24. The third-order valence-electron chi connectivity index (χ3n) is 4.05. The third-order valence-corrected chi connectivity index (χ3v) is 4.80. The standard InChI is InChI=1S/C19H12F4N4O3S/c20-13(21)8-29-14-6-5-12-17(25-14)16(10-1-3-11(4-2-10)30-19(22)23)18(28)27(26-12)15-7-24-9-31-15/h1-7,9,13,19H,8H2. The zero-order valence-corrected chi connectivity index (χ0v) is 16.2. The van der Waals surface area contributed by atoms with Gasteiger partial charge < -0.3 is 9.47 Å². The van der Waals surface area contributed by atoms with Crippen LogP contribution in [0.25, 0.3) is 27.2 Å². The fourth-order valence-electron chi connectivity index (χ4n) is 2.81. The van der Waals surface area contributed by atoms with E-state index >= 15 is 0 Å². The fraction of sp³-hybridized carbons (Fsp3) is 0.158. The number of hydrogen-bond acceptors (Lipinski definition) is 7. The molecule has 4 aromatic rings. The van der Waals surface area contributed by atoms with E-state index in [2.05, 4.69) is 19.8 Å². The number of alkyl halides is 4. The molecule has 3 heterocycles. The smallest absolute Gasteiger partial charge is 0.387 e. The van der Waals surface area contributed by atoms with Gasteiger partial charge >= 0.3 is 6.61 Å². The first-order valence-corrected chi connectivity index (χ1v) is 9.59. The van der Waals surface area contributed by atoms with Crippen LogP contribution < -0.4 is 15.0 Å². The van der Waals surface area contributed by atoms with Crippen LogP contribution in [-0.2, 0) is 0 Å². The second kappa shape index (κ2) is 8.68. The number of rotatable bonds is 7. The van der Waals surface area contributed by atoms with Gasteiger partial charge in [-0.25, -0.2) is 13.8 Å². The Hall–Kier alpha value is -3.54. The molecular formula is C19H12F4N4O3S. The quantitative estimate of drug-likeness (QED) is 0.392. The number of fused-ring (bicyclic) bond motifs is 1. The summed E-state index contributed by atoms with van der Waals surface area (Å²) in [6.07, 6.45) is -1.24. The summed E-state index contributed by atoms with van der Waals surface area (Å²) < 4.78 is 60.3. The van der Waals surface area contributed by atoms with Crippen LogP contribution >= 0.6 is 11.3 Å². The van der Waals surface area contributed by atoms with Crippen molar-refractivity contribution in [2.45, 2.75) is 13.0 Å². The molecule has 1 aromatic carbocycles. The van der Waals surface area contributed by atoms with Crippen molar-refractivity contribution in [1.82, 2.24) is 19.7 Å². The average molecular weight is 452 g/mol. The van der Waals surface area contributed by atoms with Crippen LogP contribution in [0.1, 0.15) is 0 Å². The number of hydrogen-bond donors (Lipinski definition) is 0. The topological polar surface area (TPSA) is 79.1 Å². The summed E-state index contributed by atoms with van der Waals surface area (Å²) in [4.78, 5) is 21.4. The van der Waals surface area contributed by atoms with Crippen LogP contribution in [0.2, 0.25) is 0 Å². The van der Waals surface area contributed by atoms with Crippen molar-refractivity contribution in [3.63, 3.8) is 0 Å². The first kappa shape index (κ1) is 20.7. The van der Waals surface area contributed by atoms with Gasteiger partial charge in [-0.05, 0) is 23.8 Å². The maximum absolute atomic E-state index is 13.2. The van der Waals surface area contributed by atoms with Gasteiger partial charge in [-0.1, -0.05) is 12.1 Å². The van der Waals surface area contributed by atoms with E-state index in [1.807, 2.05) is 0 Å². The highest BCUT2D eigenvalue weighted by molar-refractivity contribution is 7.12. The van der Waals surface area contributed by atoms with E-state index in [4.69, 9.17) is 4.74 Å². The van der Waals surface area contributed by atoms with E-state index in [1.165, 1.54) is 59.4 Å². The van der Waals surface area contributed by atoms with E-state index in [9.17, 15) is 22.4 Å². The van der Waals surface area contributed by atoms with E-state index in [0.717, 1.165) is 4.68 Å². The van der Waals surface area contributed by atoms with Gasteiger partial charge in [0.2, 0.25) is 5.88 Å². The first-order valence-electron chi connectivity index (χ1n) is 8.71. The Morgan fingerprint density at radius 3 is 2.48 bits per heavy atom. The summed E-state index contributed by atoms with van der Waals surface area (Å²) >= 11 is 1.18. The highest BCUT2D eigenvalue weighted by Crippen LogP contribution is 2.28.